The van der Waals surface area contributed by atoms with E-state index in [2.05, 4.69) is 15.5 Å². The molecule has 0 spiro atoms. The minimum atomic E-state index is -0.209. The lowest BCUT2D eigenvalue weighted by Crippen LogP contribution is -2.36. The zero-order valence-corrected chi connectivity index (χ0v) is 14.7. The van der Waals surface area contributed by atoms with Crippen molar-refractivity contribution in [1.82, 2.24) is 10.2 Å². The molecule has 24 heavy (non-hydrogen) atoms. The van der Waals surface area contributed by atoms with Crippen LogP contribution in [0.1, 0.15) is 17.2 Å². The summed E-state index contributed by atoms with van der Waals surface area (Å²) in [6.45, 7) is 2.53. The van der Waals surface area contributed by atoms with Gasteiger partial charge in [-0.3, -0.25) is 0 Å². The van der Waals surface area contributed by atoms with Gasteiger partial charge in [0, 0.05) is 12.2 Å². The van der Waals surface area contributed by atoms with Crippen molar-refractivity contribution < 1.29 is 9.53 Å². The Morgan fingerprint density at radius 2 is 1.71 bits per heavy atom. The average Bonchev–Trinajstić information content (AvgIpc) is 2.57. The average molecular weight is 327 g/mol. The molecule has 5 heteroatoms. The zero-order chi connectivity index (χ0) is 17.5. The molecule has 1 unspecified atom stereocenters. The van der Waals surface area contributed by atoms with Crippen molar-refractivity contribution in [3.05, 3.63) is 59.7 Å². The number of rotatable bonds is 6. The topological polar surface area (TPSA) is 53.6 Å². The molecule has 128 valence electrons. The van der Waals surface area contributed by atoms with Crippen LogP contribution < -0.4 is 15.4 Å². The smallest absolute Gasteiger partial charge is 0.319 e. The van der Waals surface area contributed by atoms with Crippen molar-refractivity contribution in [3.8, 4) is 5.75 Å². The molecule has 5 nitrogen and oxygen atoms in total. The second kappa shape index (κ2) is 8.36. The molecule has 0 aliphatic rings. The van der Waals surface area contributed by atoms with Gasteiger partial charge < -0.3 is 20.3 Å². The summed E-state index contributed by atoms with van der Waals surface area (Å²) < 4.78 is 5.19. The summed E-state index contributed by atoms with van der Waals surface area (Å²) >= 11 is 0. The number of urea groups is 1. The Bertz CT molecular complexity index is 651. The lowest BCUT2D eigenvalue weighted by molar-refractivity contribution is 0.243. The maximum absolute atomic E-state index is 12.1. The van der Waals surface area contributed by atoms with E-state index in [0.717, 1.165) is 22.6 Å². The van der Waals surface area contributed by atoms with Gasteiger partial charge in [0.15, 0.2) is 0 Å². The van der Waals surface area contributed by atoms with Crippen LogP contribution in [0.3, 0.4) is 0 Å². The Morgan fingerprint density at radius 1 is 1.08 bits per heavy atom. The van der Waals surface area contributed by atoms with E-state index >= 15 is 0 Å². The highest BCUT2D eigenvalue weighted by atomic mass is 16.5. The Balaban J connectivity index is 1.95. The van der Waals surface area contributed by atoms with Crippen molar-refractivity contribution in [1.29, 1.82) is 0 Å². The molecule has 2 N–H and O–H groups in total. The first-order valence-corrected chi connectivity index (χ1v) is 7.91. The van der Waals surface area contributed by atoms with E-state index < -0.39 is 0 Å². The van der Waals surface area contributed by atoms with Gasteiger partial charge in [-0.15, -0.1) is 0 Å². The van der Waals surface area contributed by atoms with E-state index in [4.69, 9.17) is 4.74 Å². The molecule has 0 aromatic heterocycles. The third kappa shape index (κ3) is 4.99. The monoisotopic (exact) mass is 327 g/mol. The molecule has 2 rings (SSSR count). The highest BCUT2D eigenvalue weighted by molar-refractivity contribution is 5.89. The first-order chi connectivity index (χ1) is 11.5. The molecule has 0 saturated heterocycles. The van der Waals surface area contributed by atoms with Gasteiger partial charge >= 0.3 is 6.03 Å². The zero-order valence-electron chi connectivity index (χ0n) is 14.7. The van der Waals surface area contributed by atoms with Gasteiger partial charge in [-0.2, -0.15) is 0 Å². The van der Waals surface area contributed by atoms with Gasteiger partial charge in [-0.25, -0.2) is 4.79 Å². The van der Waals surface area contributed by atoms with Gasteiger partial charge in [-0.1, -0.05) is 29.8 Å². The minimum absolute atomic E-state index is 0.0830. The van der Waals surface area contributed by atoms with Gasteiger partial charge in [-0.05, 0) is 50.8 Å². The maximum atomic E-state index is 12.1. The van der Waals surface area contributed by atoms with Crippen LogP contribution in [-0.4, -0.2) is 38.7 Å². The van der Waals surface area contributed by atoms with Crippen LogP contribution in [0, 0.1) is 6.92 Å². The first kappa shape index (κ1) is 17.8. The summed E-state index contributed by atoms with van der Waals surface area (Å²) in [6.07, 6.45) is 0. The van der Waals surface area contributed by atoms with E-state index in [9.17, 15) is 4.79 Å². The highest BCUT2D eigenvalue weighted by Gasteiger charge is 2.15. The van der Waals surface area contributed by atoms with Crippen molar-refractivity contribution in [2.24, 2.45) is 0 Å². The number of likely N-dealkylation sites (N-methyl/N-ethyl adjacent to an activating group) is 1. The fourth-order valence-electron chi connectivity index (χ4n) is 2.43. The van der Waals surface area contributed by atoms with Crippen LogP contribution in [-0.2, 0) is 0 Å². The van der Waals surface area contributed by atoms with Crippen LogP contribution in [0.2, 0.25) is 0 Å². The number of nitrogens with zero attached hydrogens (tertiary/aromatic N) is 1. The molecule has 0 heterocycles. The molecular formula is C19H25N3O2. The Kier molecular flexibility index (Phi) is 6.21. The molecule has 0 fully saturated rings. The number of methoxy groups -OCH3 is 1. The van der Waals surface area contributed by atoms with Crippen molar-refractivity contribution in [2.75, 3.05) is 33.1 Å². The van der Waals surface area contributed by atoms with Crippen LogP contribution in [0.5, 0.6) is 5.75 Å². The Morgan fingerprint density at radius 3 is 2.25 bits per heavy atom. The normalized spacial score (nSPS) is 11.9. The van der Waals surface area contributed by atoms with E-state index in [1.54, 1.807) is 7.11 Å². The number of carbonyl (C=O) groups excluding carboxylic acids is 1. The van der Waals surface area contributed by atoms with Crippen molar-refractivity contribution in [3.63, 3.8) is 0 Å². The molecule has 0 aliphatic carbocycles. The molecule has 1 atom stereocenters. The molecule has 0 aliphatic heterocycles. The molecule has 0 bridgehead atoms. The molecular weight excluding hydrogens is 302 g/mol. The Labute approximate surface area is 143 Å². The van der Waals surface area contributed by atoms with Gasteiger partial charge in [0.1, 0.15) is 5.75 Å². The molecule has 2 amide bonds. The summed E-state index contributed by atoms with van der Waals surface area (Å²) in [5, 5.41) is 5.78. The molecule has 0 radical (unpaired) electrons. The molecule has 0 saturated carbocycles. The highest BCUT2D eigenvalue weighted by Crippen LogP contribution is 2.20. The van der Waals surface area contributed by atoms with Crippen LogP contribution in [0.4, 0.5) is 10.5 Å². The van der Waals surface area contributed by atoms with Crippen LogP contribution in [0.25, 0.3) is 0 Å². The third-order valence-corrected chi connectivity index (χ3v) is 3.89. The van der Waals surface area contributed by atoms with Crippen molar-refractivity contribution in [2.45, 2.75) is 13.0 Å². The van der Waals surface area contributed by atoms with Crippen LogP contribution >= 0.6 is 0 Å². The number of hydrogen-bond acceptors (Lipinski definition) is 3. The lowest BCUT2D eigenvalue weighted by Gasteiger charge is -2.25. The fourth-order valence-corrected chi connectivity index (χ4v) is 2.43. The number of hydrogen-bond donors (Lipinski definition) is 2. The van der Waals surface area contributed by atoms with E-state index in [1.165, 1.54) is 0 Å². The quantitative estimate of drug-likeness (QED) is 0.855. The van der Waals surface area contributed by atoms with E-state index in [1.807, 2.05) is 69.6 Å². The predicted molar refractivity (Wildman–Crippen MR) is 97.6 cm³/mol. The van der Waals surface area contributed by atoms with Gasteiger partial charge in [0.2, 0.25) is 0 Å². The first-order valence-electron chi connectivity index (χ1n) is 7.91. The lowest BCUT2D eigenvalue weighted by atomic mass is 10.1. The third-order valence-electron chi connectivity index (χ3n) is 3.89. The summed E-state index contributed by atoms with van der Waals surface area (Å²) in [5.74, 6) is 0.821. The number of anilines is 1. The molecule has 2 aromatic carbocycles. The maximum Gasteiger partial charge on any atom is 0.319 e. The standard InChI is InChI=1S/C19H25N3O2/c1-14-5-9-16(10-6-14)21-19(23)20-13-18(22(2)3)15-7-11-17(24-4)12-8-15/h5-12,18H,13H2,1-4H3,(H2,20,21,23). The number of ether oxygens (including phenoxy) is 1. The van der Waals surface area contributed by atoms with E-state index in [-0.39, 0.29) is 12.1 Å². The number of aryl methyl sites for hydroxylation is 1. The van der Waals surface area contributed by atoms with E-state index in [0.29, 0.717) is 6.54 Å². The second-order valence-electron chi connectivity index (χ2n) is 5.95. The minimum Gasteiger partial charge on any atom is -0.497 e. The predicted octanol–water partition coefficient (Wildman–Crippen LogP) is 3.43. The summed E-state index contributed by atoms with van der Waals surface area (Å²) in [7, 11) is 5.64. The number of benzene rings is 2. The van der Waals surface area contributed by atoms with Crippen LogP contribution in [0.15, 0.2) is 48.5 Å². The SMILES string of the molecule is COc1ccc(C(CNC(=O)Nc2ccc(C)cc2)N(C)C)cc1. The second-order valence-corrected chi connectivity index (χ2v) is 5.95. The summed E-state index contributed by atoms with van der Waals surface area (Å²) in [5.41, 5.74) is 3.06. The summed E-state index contributed by atoms with van der Waals surface area (Å²) in [6, 6.07) is 15.5. The number of nitrogens with one attached hydrogen (secondary N) is 2. The van der Waals surface area contributed by atoms with Gasteiger partial charge in [0.25, 0.3) is 0 Å². The van der Waals surface area contributed by atoms with Crippen molar-refractivity contribution >= 4 is 11.7 Å². The Hall–Kier alpha value is -2.53. The largest absolute Gasteiger partial charge is 0.497 e. The number of carbonyl (C=O) groups is 1. The fraction of sp³-hybridized carbons (Fsp3) is 0.316. The van der Waals surface area contributed by atoms with Gasteiger partial charge in [0.05, 0.1) is 13.2 Å². The molecule has 2 aromatic rings. The summed E-state index contributed by atoms with van der Waals surface area (Å²) in [4.78, 5) is 14.2. The number of amides is 2.